The fraction of sp³-hybridized carbons (Fsp3) is 0.303. The Kier molecular flexibility index (Phi) is 9.34. The van der Waals surface area contributed by atoms with Gasteiger partial charge in [-0.1, -0.05) is 48.5 Å². The predicted octanol–water partition coefficient (Wildman–Crippen LogP) is 6.70. The summed E-state index contributed by atoms with van der Waals surface area (Å²) in [6, 6.07) is 19.5. The first-order valence-corrected chi connectivity index (χ1v) is 15.9. The summed E-state index contributed by atoms with van der Waals surface area (Å²) in [6.45, 7) is 6.71. The van der Waals surface area contributed by atoms with E-state index in [1.165, 1.54) is 19.1 Å². The van der Waals surface area contributed by atoms with Gasteiger partial charge in [0.15, 0.2) is 5.78 Å². The van der Waals surface area contributed by atoms with Crippen LogP contribution in [0.15, 0.2) is 75.9 Å². The minimum atomic E-state index is -3.90. The Bertz CT molecular complexity index is 1760. The van der Waals surface area contributed by atoms with E-state index in [4.69, 9.17) is 22.7 Å². The first kappa shape index (κ1) is 31.2. The monoisotopic (exact) mass is 619 g/mol. The van der Waals surface area contributed by atoms with Crippen LogP contribution in [0.4, 0.5) is 4.79 Å². The van der Waals surface area contributed by atoms with Crippen molar-refractivity contribution in [1.82, 2.24) is 5.32 Å². The Hall–Kier alpha value is -4.24. The summed E-state index contributed by atoms with van der Waals surface area (Å²) < 4.78 is 40.0. The number of aryl methyl sites for hydroxylation is 1. The number of hydrogen-bond donors (Lipinski definition) is 1. The van der Waals surface area contributed by atoms with Crippen molar-refractivity contribution in [2.75, 3.05) is 19.8 Å². The molecule has 4 aromatic rings. The van der Waals surface area contributed by atoms with Gasteiger partial charge in [-0.15, -0.1) is 0 Å². The van der Waals surface area contributed by atoms with Gasteiger partial charge in [-0.25, -0.2) is 14.2 Å². The number of carbonyl (C=O) groups is 2. The molecule has 0 radical (unpaired) electrons. The normalized spacial score (nSPS) is 13.3. The van der Waals surface area contributed by atoms with E-state index in [1.807, 2.05) is 48.5 Å². The van der Waals surface area contributed by atoms with Crippen molar-refractivity contribution in [2.45, 2.75) is 46.1 Å². The number of carbonyl (C=O) groups excluding carboxylic acids is 2. The fourth-order valence-corrected chi connectivity index (χ4v) is 6.71. The smallest absolute Gasteiger partial charge is 0.449 e. The molecule has 1 atom stereocenters. The Morgan fingerprint density at radius 1 is 0.955 bits per heavy atom. The van der Waals surface area contributed by atoms with Crippen LogP contribution in [0.5, 0.6) is 5.75 Å². The Balaban J connectivity index is 1.34. The van der Waals surface area contributed by atoms with Crippen LogP contribution in [0.1, 0.15) is 48.9 Å². The molecule has 3 aromatic carbocycles. The molecule has 1 amide bonds. The molecule has 230 valence electrons. The lowest BCUT2D eigenvalue weighted by Gasteiger charge is -2.20. The van der Waals surface area contributed by atoms with E-state index in [2.05, 4.69) is 5.32 Å². The molecule has 1 aromatic heterocycles. The van der Waals surface area contributed by atoms with Crippen LogP contribution in [-0.4, -0.2) is 37.7 Å². The highest BCUT2D eigenvalue weighted by molar-refractivity contribution is 7.48. The Morgan fingerprint density at radius 2 is 1.57 bits per heavy atom. The van der Waals surface area contributed by atoms with Gasteiger partial charge in [-0.3, -0.25) is 13.8 Å². The maximum Gasteiger partial charge on any atom is 0.530 e. The number of rotatable bonds is 12. The quantitative estimate of drug-likeness (QED) is 0.136. The number of ether oxygens (including phenoxy) is 1. The minimum absolute atomic E-state index is 0.0116. The molecule has 0 unspecified atom stereocenters. The molecule has 0 fully saturated rings. The van der Waals surface area contributed by atoms with Crippen LogP contribution < -0.4 is 15.5 Å². The van der Waals surface area contributed by atoms with Gasteiger partial charge in [0, 0.05) is 29.9 Å². The number of nitrogens with one attached hydrogen (secondary N) is 1. The van der Waals surface area contributed by atoms with Gasteiger partial charge < -0.3 is 19.0 Å². The molecule has 1 aliphatic rings. The topological polar surface area (TPSA) is 130 Å². The Labute approximate surface area is 254 Å². The van der Waals surface area contributed by atoms with Crippen molar-refractivity contribution < 1.29 is 36.9 Å². The molecule has 0 saturated carbocycles. The standard InChI is InChI=1S/C33H34NO9P/c1-5-40-44(38,41-6-2)43-30-18-31-27(15-20(30)3)22(17-32(36)42-31)16-29(21(4)35)34-33(37)39-19-28-25-13-9-7-11-23(25)24-12-8-10-14-26(24)28/h7-15,17-18,28-29H,5-6,16,19H2,1-4H3,(H,34,37)/t29-/m0/s1. The number of benzene rings is 3. The molecule has 11 heteroatoms. The molecule has 0 aliphatic heterocycles. The number of fused-ring (bicyclic) bond motifs is 4. The first-order valence-electron chi connectivity index (χ1n) is 14.4. The van der Waals surface area contributed by atoms with Gasteiger partial charge in [0.1, 0.15) is 17.9 Å². The lowest BCUT2D eigenvalue weighted by atomic mass is 9.98. The summed E-state index contributed by atoms with van der Waals surface area (Å²) in [7, 11) is -3.90. The first-order chi connectivity index (χ1) is 21.1. The van der Waals surface area contributed by atoms with Crippen LogP contribution in [0, 0.1) is 6.92 Å². The van der Waals surface area contributed by atoms with E-state index in [0.29, 0.717) is 16.5 Å². The summed E-state index contributed by atoms with van der Waals surface area (Å²) in [4.78, 5) is 38.1. The average molecular weight is 620 g/mol. The summed E-state index contributed by atoms with van der Waals surface area (Å²) in [5.74, 6) is -0.291. The number of hydrogen-bond acceptors (Lipinski definition) is 9. The van der Waals surface area contributed by atoms with E-state index in [1.54, 1.807) is 26.8 Å². The molecule has 0 bridgehead atoms. The Morgan fingerprint density at radius 3 is 2.16 bits per heavy atom. The molecule has 5 rings (SSSR count). The van der Waals surface area contributed by atoms with Crippen LogP contribution in [-0.2, 0) is 29.6 Å². The number of amides is 1. The molecule has 1 heterocycles. The summed E-state index contributed by atoms with van der Waals surface area (Å²) >= 11 is 0. The third kappa shape index (κ3) is 6.63. The maximum absolute atomic E-state index is 13.0. The maximum atomic E-state index is 13.0. The lowest BCUT2D eigenvalue weighted by molar-refractivity contribution is -0.118. The number of ketones is 1. The van der Waals surface area contributed by atoms with Crippen molar-refractivity contribution in [1.29, 1.82) is 0 Å². The van der Waals surface area contributed by atoms with Gasteiger partial charge in [-0.05, 0) is 67.1 Å². The average Bonchev–Trinajstić information content (AvgIpc) is 3.30. The highest BCUT2D eigenvalue weighted by Crippen LogP contribution is 2.50. The molecular weight excluding hydrogens is 585 g/mol. The second-order valence-electron chi connectivity index (χ2n) is 10.4. The molecule has 10 nitrogen and oxygen atoms in total. The third-order valence-electron chi connectivity index (χ3n) is 7.46. The number of phosphoric acid groups is 1. The number of Topliss-reactive ketones (excluding diaryl/α,β-unsaturated/α-hetero) is 1. The predicted molar refractivity (Wildman–Crippen MR) is 165 cm³/mol. The molecular formula is C33H34NO9P. The fourth-order valence-electron chi connectivity index (χ4n) is 5.46. The van der Waals surface area contributed by atoms with Crippen molar-refractivity contribution in [3.63, 3.8) is 0 Å². The molecule has 1 aliphatic carbocycles. The number of alkyl carbamates (subject to hydrolysis) is 1. The van der Waals surface area contributed by atoms with E-state index >= 15 is 0 Å². The van der Waals surface area contributed by atoms with Crippen molar-refractivity contribution in [2.24, 2.45) is 0 Å². The van der Waals surface area contributed by atoms with E-state index in [9.17, 15) is 18.9 Å². The van der Waals surface area contributed by atoms with Gasteiger partial charge in [-0.2, -0.15) is 0 Å². The molecule has 44 heavy (non-hydrogen) atoms. The highest BCUT2D eigenvalue weighted by atomic mass is 31.2. The molecule has 1 N–H and O–H groups in total. The zero-order valence-electron chi connectivity index (χ0n) is 25.0. The van der Waals surface area contributed by atoms with Crippen molar-refractivity contribution >= 4 is 30.7 Å². The van der Waals surface area contributed by atoms with Gasteiger partial charge in [0.25, 0.3) is 0 Å². The van der Waals surface area contributed by atoms with Crippen molar-refractivity contribution in [3.8, 4) is 16.9 Å². The van der Waals surface area contributed by atoms with Crippen LogP contribution in [0.2, 0.25) is 0 Å². The second-order valence-corrected chi connectivity index (χ2v) is 12.0. The van der Waals surface area contributed by atoms with Crippen LogP contribution in [0.25, 0.3) is 22.1 Å². The van der Waals surface area contributed by atoms with Crippen LogP contribution >= 0.6 is 7.82 Å². The third-order valence-corrected chi connectivity index (χ3v) is 9.03. The molecule has 0 spiro atoms. The minimum Gasteiger partial charge on any atom is -0.449 e. The second kappa shape index (κ2) is 13.2. The SMILES string of the molecule is CCOP(=O)(OCC)Oc1cc2oc(=O)cc(C[C@H](NC(=O)OCC3c4ccccc4-c4ccccc43)C(C)=O)c2cc1C. The van der Waals surface area contributed by atoms with Crippen LogP contribution in [0.3, 0.4) is 0 Å². The van der Waals surface area contributed by atoms with Gasteiger partial charge in [0.05, 0.1) is 19.3 Å². The zero-order chi connectivity index (χ0) is 31.4. The number of phosphoric ester groups is 1. The lowest BCUT2D eigenvalue weighted by Crippen LogP contribution is -2.42. The summed E-state index contributed by atoms with van der Waals surface area (Å²) in [6.07, 6.45) is -0.730. The summed E-state index contributed by atoms with van der Waals surface area (Å²) in [5.41, 5.74) is 4.89. The van der Waals surface area contributed by atoms with E-state index in [-0.39, 0.29) is 49.3 Å². The van der Waals surface area contributed by atoms with Crippen molar-refractivity contribution in [3.05, 3.63) is 99.4 Å². The summed E-state index contributed by atoms with van der Waals surface area (Å²) in [5, 5.41) is 3.19. The largest absolute Gasteiger partial charge is 0.530 e. The zero-order valence-corrected chi connectivity index (χ0v) is 25.8. The highest BCUT2D eigenvalue weighted by Gasteiger charge is 2.31. The van der Waals surface area contributed by atoms with E-state index < -0.39 is 25.6 Å². The van der Waals surface area contributed by atoms with E-state index in [0.717, 1.165) is 22.3 Å². The van der Waals surface area contributed by atoms with Gasteiger partial charge >= 0.3 is 19.5 Å². The molecule has 0 saturated heterocycles. The van der Waals surface area contributed by atoms with Gasteiger partial charge in [0.2, 0.25) is 0 Å².